The number of piperazine rings is 1. The molecule has 2 aromatic carbocycles. The third-order valence-electron chi connectivity index (χ3n) is 5.72. The molecule has 1 fully saturated rings. The summed E-state index contributed by atoms with van der Waals surface area (Å²) in [5.74, 6) is 0.0977. The van der Waals surface area contributed by atoms with E-state index in [4.69, 9.17) is 4.98 Å². The fraction of sp³-hybridized carbons (Fsp3) is 0.348. The number of para-hydroxylation sites is 1. The smallest absolute Gasteiger partial charge is 0.256 e. The van der Waals surface area contributed by atoms with Gasteiger partial charge in [-0.3, -0.25) is 14.6 Å². The van der Waals surface area contributed by atoms with Crippen LogP contribution in [-0.4, -0.2) is 70.7 Å². The highest BCUT2D eigenvalue weighted by Gasteiger charge is 2.25. The minimum atomic E-state index is 0.0977. The summed E-state index contributed by atoms with van der Waals surface area (Å²) in [6.07, 6.45) is 0.825. The summed E-state index contributed by atoms with van der Waals surface area (Å²) in [5.41, 5.74) is 3.20. The van der Waals surface area contributed by atoms with E-state index >= 15 is 0 Å². The Labute approximate surface area is 180 Å². The predicted molar refractivity (Wildman–Crippen MR) is 121 cm³/mol. The van der Waals surface area contributed by atoms with Crippen LogP contribution in [0.2, 0.25) is 0 Å². The number of aromatic nitrogens is 1. The van der Waals surface area contributed by atoms with E-state index in [1.54, 1.807) is 16.3 Å². The second-order valence-corrected chi connectivity index (χ2v) is 8.92. The molecule has 1 saturated heterocycles. The van der Waals surface area contributed by atoms with Gasteiger partial charge in [-0.25, -0.2) is 9.99 Å². The number of hydrogen-bond acceptors (Lipinski definition) is 6. The van der Waals surface area contributed by atoms with Crippen LogP contribution in [0.4, 0.5) is 0 Å². The molecule has 0 bridgehead atoms. The maximum atomic E-state index is 12.7. The number of carbonyl (C=O) groups is 1. The largest absolute Gasteiger partial charge is 0.294 e. The minimum Gasteiger partial charge on any atom is -0.294 e. The molecule has 0 radical (unpaired) electrons. The summed E-state index contributed by atoms with van der Waals surface area (Å²) >= 11 is 1.78. The van der Waals surface area contributed by atoms with Gasteiger partial charge in [0.05, 0.1) is 35.6 Å². The normalized spacial score (nSPS) is 18.1. The molecule has 1 aromatic heterocycles. The molecule has 0 unspecified atom stereocenters. The van der Waals surface area contributed by atoms with Crippen LogP contribution in [0.3, 0.4) is 0 Å². The van der Waals surface area contributed by atoms with Crippen molar-refractivity contribution in [1.82, 2.24) is 19.8 Å². The lowest BCUT2D eigenvalue weighted by molar-refractivity contribution is -0.132. The van der Waals surface area contributed by atoms with Gasteiger partial charge in [-0.2, -0.15) is 5.10 Å². The van der Waals surface area contributed by atoms with Crippen molar-refractivity contribution in [1.29, 1.82) is 0 Å². The van der Waals surface area contributed by atoms with Gasteiger partial charge >= 0.3 is 0 Å². The molecule has 0 aliphatic carbocycles. The predicted octanol–water partition coefficient (Wildman–Crippen LogP) is 3.05. The van der Waals surface area contributed by atoms with Crippen LogP contribution < -0.4 is 0 Å². The Kier molecular flexibility index (Phi) is 5.57. The zero-order valence-electron chi connectivity index (χ0n) is 16.9. The van der Waals surface area contributed by atoms with E-state index in [-0.39, 0.29) is 5.91 Å². The Balaban J connectivity index is 1.12. The molecular formula is C23H25N5OS. The van der Waals surface area contributed by atoms with Crippen molar-refractivity contribution < 1.29 is 4.79 Å². The molecule has 6 nitrogen and oxygen atoms in total. The summed E-state index contributed by atoms with van der Waals surface area (Å²) in [7, 11) is 0. The highest BCUT2D eigenvalue weighted by Crippen LogP contribution is 2.23. The van der Waals surface area contributed by atoms with Crippen LogP contribution in [0.15, 0.2) is 59.7 Å². The topological polar surface area (TPSA) is 52.0 Å². The highest BCUT2D eigenvalue weighted by atomic mass is 32.1. The zero-order valence-corrected chi connectivity index (χ0v) is 17.7. The monoisotopic (exact) mass is 419 g/mol. The highest BCUT2D eigenvalue weighted by molar-refractivity contribution is 7.18. The molecule has 7 heteroatoms. The second-order valence-electron chi connectivity index (χ2n) is 7.81. The van der Waals surface area contributed by atoms with Crippen molar-refractivity contribution in [2.75, 3.05) is 39.3 Å². The van der Waals surface area contributed by atoms with E-state index in [2.05, 4.69) is 45.2 Å². The Bertz CT molecular complexity index is 1020. The number of rotatable bonds is 5. The van der Waals surface area contributed by atoms with Gasteiger partial charge in [-0.1, -0.05) is 42.5 Å². The van der Waals surface area contributed by atoms with Crippen LogP contribution in [0.1, 0.15) is 17.0 Å². The van der Waals surface area contributed by atoms with Gasteiger partial charge < -0.3 is 0 Å². The third kappa shape index (κ3) is 4.28. The van der Waals surface area contributed by atoms with Crippen LogP contribution >= 0.6 is 11.3 Å². The van der Waals surface area contributed by atoms with Crippen molar-refractivity contribution in [3.63, 3.8) is 0 Å². The number of nitrogens with zero attached hydrogens (tertiary/aromatic N) is 5. The lowest BCUT2D eigenvalue weighted by Gasteiger charge is -2.34. The van der Waals surface area contributed by atoms with E-state index in [9.17, 15) is 4.79 Å². The van der Waals surface area contributed by atoms with Gasteiger partial charge in [-0.05, 0) is 17.7 Å². The minimum absolute atomic E-state index is 0.0977. The van der Waals surface area contributed by atoms with Crippen molar-refractivity contribution in [2.45, 2.75) is 13.0 Å². The number of benzene rings is 2. The maximum absolute atomic E-state index is 12.7. The number of thiazole rings is 1. The molecule has 0 spiro atoms. The molecule has 0 atom stereocenters. The van der Waals surface area contributed by atoms with E-state index in [0.717, 1.165) is 55.9 Å². The molecule has 3 aromatic rings. The molecule has 3 heterocycles. The number of hydrogen-bond donors (Lipinski definition) is 0. The molecule has 30 heavy (non-hydrogen) atoms. The van der Waals surface area contributed by atoms with Crippen LogP contribution in [0.5, 0.6) is 0 Å². The van der Waals surface area contributed by atoms with Crippen molar-refractivity contribution >= 4 is 33.2 Å². The Morgan fingerprint density at radius 2 is 1.63 bits per heavy atom. The zero-order chi connectivity index (χ0) is 20.3. The van der Waals surface area contributed by atoms with E-state index in [0.29, 0.717) is 13.1 Å². The summed E-state index contributed by atoms with van der Waals surface area (Å²) in [4.78, 5) is 22.1. The number of hydrazone groups is 1. The summed E-state index contributed by atoms with van der Waals surface area (Å²) in [6, 6.07) is 18.4. The number of fused-ring (bicyclic) bond motifs is 1. The summed E-state index contributed by atoms with van der Waals surface area (Å²) in [6.45, 7) is 5.74. The summed E-state index contributed by atoms with van der Waals surface area (Å²) in [5, 5.41) is 7.39. The third-order valence-corrected chi connectivity index (χ3v) is 6.74. The first-order chi connectivity index (χ1) is 14.7. The van der Waals surface area contributed by atoms with Gasteiger partial charge in [0, 0.05) is 32.6 Å². The lowest BCUT2D eigenvalue weighted by atomic mass is 10.1. The van der Waals surface area contributed by atoms with E-state index in [1.807, 2.05) is 24.3 Å². The Morgan fingerprint density at radius 1 is 0.900 bits per heavy atom. The van der Waals surface area contributed by atoms with Crippen LogP contribution in [0.25, 0.3) is 10.2 Å². The first-order valence-electron chi connectivity index (χ1n) is 10.5. The molecule has 0 N–H and O–H groups in total. The quantitative estimate of drug-likeness (QED) is 0.638. The van der Waals surface area contributed by atoms with E-state index < -0.39 is 0 Å². The summed E-state index contributed by atoms with van der Waals surface area (Å²) < 4.78 is 1.25. The fourth-order valence-corrected chi connectivity index (χ4v) is 5.04. The van der Waals surface area contributed by atoms with Crippen molar-refractivity contribution in [3.05, 3.63) is 65.2 Å². The maximum Gasteiger partial charge on any atom is 0.256 e. The van der Waals surface area contributed by atoms with Crippen LogP contribution in [0, 0.1) is 0 Å². The first kappa shape index (κ1) is 19.4. The van der Waals surface area contributed by atoms with Gasteiger partial charge in [-0.15, -0.1) is 11.3 Å². The van der Waals surface area contributed by atoms with Crippen molar-refractivity contribution in [2.24, 2.45) is 5.10 Å². The van der Waals surface area contributed by atoms with Gasteiger partial charge in [0.2, 0.25) is 0 Å². The average molecular weight is 420 g/mol. The Morgan fingerprint density at radius 3 is 2.43 bits per heavy atom. The Hall–Kier alpha value is -2.61. The molecule has 2 aliphatic rings. The molecule has 0 saturated carbocycles. The van der Waals surface area contributed by atoms with Gasteiger partial charge in [0.25, 0.3) is 5.91 Å². The van der Waals surface area contributed by atoms with E-state index in [1.165, 1.54) is 9.71 Å². The molecule has 154 valence electrons. The molecular weight excluding hydrogens is 394 g/mol. The van der Waals surface area contributed by atoms with Crippen LogP contribution in [-0.2, 0) is 11.3 Å². The molecule has 1 amide bonds. The average Bonchev–Trinajstić information content (AvgIpc) is 3.43. The van der Waals surface area contributed by atoms with Gasteiger partial charge in [0.1, 0.15) is 5.01 Å². The number of amides is 1. The fourth-order valence-electron chi connectivity index (χ4n) is 4.03. The second kappa shape index (κ2) is 8.63. The SMILES string of the molecule is O=C(CN1CCN(Cc2nc3ccccc3s2)CC1)N1CCC(c2ccccc2)=N1. The van der Waals surface area contributed by atoms with Crippen molar-refractivity contribution in [3.8, 4) is 0 Å². The van der Waals surface area contributed by atoms with Gasteiger partial charge in [0.15, 0.2) is 0 Å². The first-order valence-corrected chi connectivity index (χ1v) is 11.3. The lowest BCUT2D eigenvalue weighted by Crippen LogP contribution is -2.49. The molecule has 5 rings (SSSR count). The molecule has 2 aliphatic heterocycles. The standard InChI is InChI=1S/C23H25N5OS/c29-23(28-11-10-19(25-28)18-6-2-1-3-7-18)17-27-14-12-26(13-15-27)16-22-24-20-8-4-5-9-21(20)30-22/h1-9H,10-17H2. The number of carbonyl (C=O) groups excluding carboxylic acids is 1.